The van der Waals surface area contributed by atoms with Crippen molar-refractivity contribution in [3.63, 3.8) is 0 Å². The predicted molar refractivity (Wildman–Crippen MR) is 64.3 cm³/mol. The quantitative estimate of drug-likeness (QED) is 0.858. The number of hydrogen-bond donors (Lipinski definition) is 1. The number of aromatic nitrogens is 2. The molecule has 1 heterocycles. The highest BCUT2D eigenvalue weighted by molar-refractivity contribution is 5.52. The van der Waals surface area contributed by atoms with Crippen LogP contribution in [0.3, 0.4) is 0 Å². The lowest BCUT2D eigenvalue weighted by Crippen LogP contribution is -2.23. The fourth-order valence-corrected chi connectivity index (χ4v) is 2.39. The van der Waals surface area contributed by atoms with Crippen molar-refractivity contribution in [1.29, 1.82) is 0 Å². The topological polar surface area (TPSA) is 64.9 Å². The molecule has 3 rings (SSSR count). The summed E-state index contributed by atoms with van der Waals surface area (Å²) < 4.78 is 5.29. The van der Waals surface area contributed by atoms with Crippen molar-refractivity contribution >= 4 is 0 Å². The second-order valence-corrected chi connectivity index (χ2v) is 4.53. The molecule has 1 saturated carbocycles. The van der Waals surface area contributed by atoms with Crippen LogP contribution in [0.25, 0.3) is 11.5 Å². The summed E-state index contributed by atoms with van der Waals surface area (Å²) in [6.45, 7) is 0. The van der Waals surface area contributed by atoms with Crippen molar-refractivity contribution in [1.82, 2.24) is 10.1 Å². The maximum atomic E-state index is 6.04. The second-order valence-electron chi connectivity index (χ2n) is 4.53. The zero-order valence-electron chi connectivity index (χ0n) is 9.54. The third-order valence-electron chi connectivity index (χ3n) is 3.36. The molecule has 17 heavy (non-hydrogen) atoms. The van der Waals surface area contributed by atoms with E-state index in [9.17, 15) is 0 Å². The number of hydrogen-bond acceptors (Lipinski definition) is 4. The van der Waals surface area contributed by atoms with E-state index in [1.165, 1.54) is 0 Å². The van der Waals surface area contributed by atoms with Crippen LogP contribution >= 0.6 is 0 Å². The zero-order chi connectivity index (χ0) is 11.7. The lowest BCUT2D eigenvalue weighted by atomic mass is 10.0. The molecule has 1 aromatic carbocycles. The molecule has 0 bridgehead atoms. The number of benzene rings is 1. The van der Waals surface area contributed by atoms with Gasteiger partial charge in [-0.2, -0.15) is 4.98 Å². The predicted octanol–water partition coefficient (Wildman–Crippen LogP) is 2.33. The van der Waals surface area contributed by atoms with Gasteiger partial charge >= 0.3 is 0 Å². The molecule has 2 aromatic rings. The third kappa shape index (κ3) is 1.96. The summed E-state index contributed by atoms with van der Waals surface area (Å²) in [5, 5.41) is 4.06. The Morgan fingerprint density at radius 2 is 2.00 bits per heavy atom. The molecule has 0 aliphatic heterocycles. The summed E-state index contributed by atoms with van der Waals surface area (Å²) in [5.74, 6) is 1.60. The fraction of sp³-hybridized carbons (Fsp3) is 0.385. The van der Waals surface area contributed by atoms with Crippen molar-refractivity contribution in [2.75, 3.05) is 0 Å². The third-order valence-corrected chi connectivity index (χ3v) is 3.36. The molecule has 1 aliphatic rings. The van der Waals surface area contributed by atoms with Crippen LogP contribution < -0.4 is 5.73 Å². The van der Waals surface area contributed by atoms with Crippen LogP contribution in [-0.4, -0.2) is 16.2 Å². The van der Waals surface area contributed by atoms with E-state index in [4.69, 9.17) is 10.3 Å². The van der Waals surface area contributed by atoms with E-state index in [1.54, 1.807) is 0 Å². The van der Waals surface area contributed by atoms with Crippen molar-refractivity contribution < 1.29 is 4.52 Å². The van der Waals surface area contributed by atoms with E-state index in [1.807, 2.05) is 30.3 Å². The van der Waals surface area contributed by atoms with Gasteiger partial charge in [0.25, 0.3) is 5.89 Å². The second kappa shape index (κ2) is 4.30. The Balaban J connectivity index is 1.88. The lowest BCUT2D eigenvalue weighted by molar-refractivity contribution is 0.412. The van der Waals surface area contributed by atoms with Gasteiger partial charge in [0.1, 0.15) is 0 Å². The Hall–Kier alpha value is -1.68. The average molecular weight is 229 g/mol. The molecule has 0 unspecified atom stereocenters. The first-order chi connectivity index (χ1) is 8.34. The highest BCUT2D eigenvalue weighted by atomic mass is 16.5. The van der Waals surface area contributed by atoms with Gasteiger partial charge in [-0.15, -0.1) is 0 Å². The molecule has 1 aliphatic carbocycles. The molecule has 1 fully saturated rings. The van der Waals surface area contributed by atoms with Crippen LogP contribution in [0.5, 0.6) is 0 Å². The Labute approximate surface area is 99.8 Å². The first-order valence-electron chi connectivity index (χ1n) is 5.99. The van der Waals surface area contributed by atoms with E-state index in [0.29, 0.717) is 5.89 Å². The zero-order valence-corrected chi connectivity index (χ0v) is 9.54. The van der Waals surface area contributed by atoms with Gasteiger partial charge in [-0.3, -0.25) is 0 Å². The van der Waals surface area contributed by atoms with Crippen LogP contribution in [-0.2, 0) is 0 Å². The minimum atomic E-state index is 0.177. The van der Waals surface area contributed by atoms with Crippen molar-refractivity contribution in [3.05, 3.63) is 36.2 Å². The highest BCUT2D eigenvalue weighted by Gasteiger charge is 2.29. The molecule has 0 amide bonds. The lowest BCUT2D eigenvalue weighted by Gasteiger charge is -2.09. The maximum Gasteiger partial charge on any atom is 0.257 e. The van der Waals surface area contributed by atoms with Crippen LogP contribution in [0.2, 0.25) is 0 Å². The molecule has 1 aromatic heterocycles. The minimum absolute atomic E-state index is 0.177. The number of nitrogens with zero attached hydrogens (tertiary/aromatic N) is 2. The van der Waals surface area contributed by atoms with Gasteiger partial charge in [0.15, 0.2) is 5.82 Å². The first kappa shape index (κ1) is 10.5. The standard InChI is InChI=1S/C13H15N3O/c14-11-8-4-7-10(11)12-15-13(17-16-12)9-5-2-1-3-6-9/h1-3,5-6,10-11H,4,7-8,14H2/t10-,11-/m1/s1. The molecular formula is C13H15N3O. The summed E-state index contributed by atoms with van der Waals surface area (Å²) in [6.07, 6.45) is 3.27. The normalized spacial score (nSPS) is 24.1. The Bertz CT molecular complexity index is 494. The molecule has 2 atom stereocenters. The average Bonchev–Trinajstić information content (AvgIpc) is 2.98. The van der Waals surface area contributed by atoms with Crippen molar-refractivity contribution in [3.8, 4) is 11.5 Å². The van der Waals surface area contributed by atoms with Gasteiger partial charge in [-0.05, 0) is 25.0 Å². The first-order valence-corrected chi connectivity index (χ1v) is 5.99. The smallest absolute Gasteiger partial charge is 0.257 e. The summed E-state index contributed by atoms with van der Waals surface area (Å²) in [7, 11) is 0. The van der Waals surface area contributed by atoms with Crippen LogP contribution in [0.1, 0.15) is 31.0 Å². The summed E-state index contributed by atoms with van der Waals surface area (Å²) >= 11 is 0. The van der Waals surface area contributed by atoms with Crippen LogP contribution in [0, 0.1) is 0 Å². The van der Waals surface area contributed by atoms with E-state index < -0.39 is 0 Å². The monoisotopic (exact) mass is 229 g/mol. The SMILES string of the molecule is N[C@@H]1CCC[C@H]1c1noc(-c2ccccc2)n1. The number of rotatable bonds is 2. The summed E-state index contributed by atoms with van der Waals surface area (Å²) in [6, 6.07) is 9.99. The van der Waals surface area contributed by atoms with Crippen molar-refractivity contribution in [2.45, 2.75) is 31.2 Å². The van der Waals surface area contributed by atoms with E-state index in [0.717, 1.165) is 30.7 Å². The molecule has 4 nitrogen and oxygen atoms in total. The van der Waals surface area contributed by atoms with Gasteiger partial charge in [0, 0.05) is 17.5 Å². The summed E-state index contributed by atoms with van der Waals surface area (Å²) in [5.41, 5.74) is 6.99. The van der Waals surface area contributed by atoms with Gasteiger partial charge in [0.05, 0.1) is 0 Å². The Morgan fingerprint density at radius 1 is 1.18 bits per heavy atom. The molecule has 0 saturated heterocycles. The summed E-state index contributed by atoms with van der Waals surface area (Å²) in [4.78, 5) is 4.46. The maximum absolute atomic E-state index is 6.04. The molecule has 0 radical (unpaired) electrons. The van der Waals surface area contributed by atoms with Gasteiger partial charge < -0.3 is 10.3 Å². The molecule has 4 heteroatoms. The largest absolute Gasteiger partial charge is 0.334 e. The number of nitrogens with two attached hydrogens (primary N) is 1. The molecule has 0 spiro atoms. The van der Waals surface area contributed by atoms with Gasteiger partial charge in [0.2, 0.25) is 0 Å². The van der Waals surface area contributed by atoms with E-state index in [-0.39, 0.29) is 12.0 Å². The van der Waals surface area contributed by atoms with E-state index >= 15 is 0 Å². The highest BCUT2D eigenvalue weighted by Crippen LogP contribution is 2.32. The van der Waals surface area contributed by atoms with E-state index in [2.05, 4.69) is 10.1 Å². The fourth-order valence-electron chi connectivity index (χ4n) is 2.39. The Morgan fingerprint density at radius 3 is 2.71 bits per heavy atom. The molecule has 2 N–H and O–H groups in total. The van der Waals surface area contributed by atoms with Gasteiger partial charge in [-0.25, -0.2) is 0 Å². The minimum Gasteiger partial charge on any atom is -0.334 e. The molecule has 88 valence electrons. The van der Waals surface area contributed by atoms with Crippen LogP contribution in [0.4, 0.5) is 0 Å². The van der Waals surface area contributed by atoms with Gasteiger partial charge in [-0.1, -0.05) is 29.8 Å². The Kier molecular flexibility index (Phi) is 2.65. The molecular weight excluding hydrogens is 214 g/mol. The van der Waals surface area contributed by atoms with Crippen LogP contribution in [0.15, 0.2) is 34.9 Å². The van der Waals surface area contributed by atoms with Crippen molar-refractivity contribution in [2.24, 2.45) is 5.73 Å².